The van der Waals surface area contributed by atoms with E-state index in [9.17, 15) is 4.79 Å². The molecule has 0 radical (unpaired) electrons. The molecule has 22 heavy (non-hydrogen) atoms. The Morgan fingerprint density at radius 1 is 0.909 bits per heavy atom. The van der Waals surface area contributed by atoms with E-state index in [0.717, 1.165) is 20.3 Å². The third-order valence-corrected chi connectivity index (χ3v) is 4.10. The molecular weight excluding hydrogens is 410 g/mol. The molecule has 1 amide bonds. The molecule has 5 heteroatoms. The van der Waals surface area contributed by atoms with Gasteiger partial charge in [-0.15, -0.1) is 0 Å². The zero-order chi connectivity index (χ0) is 16.3. The lowest BCUT2D eigenvalue weighted by molar-refractivity contribution is 0.0599. The van der Waals surface area contributed by atoms with Crippen LogP contribution in [0.2, 0.25) is 0 Å². The van der Waals surface area contributed by atoms with Crippen LogP contribution >= 0.6 is 31.9 Å². The summed E-state index contributed by atoms with van der Waals surface area (Å²) in [6.07, 6.45) is -0.425. The zero-order valence-electron chi connectivity index (χ0n) is 12.6. The summed E-state index contributed by atoms with van der Waals surface area (Å²) in [5, 5.41) is 0. The van der Waals surface area contributed by atoms with E-state index in [1.165, 1.54) is 0 Å². The Bertz CT molecular complexity index is 635. The largest absolute Gasteiger partial charge is 0.443 e. The predicted molar refractivity (Wildman–Crippen MR) is 96.7 cm³/mol. The molecule has 2 rings (SSSR count). The minimum absolute atomic E-state index is 0.425. The van der Waals surface area contributed by atoms with Gasteiger partial charge in [-0.2, -0.15) is 0 Å². The van der Waals surface area contributed by atoms with Crippen LogP contribution in [0.5, 0.6) is 0 Å². The summed E-state index contributed by atoms with van der Waals surface area (Å²) in [5.74, 6) is 0. The molecule has 3 nitrogen and oxygen atoms in total. The SMILES string of the molecule is CC(C)(C)OC(=O)N(c1ccccc1Br)c1ccccc1Br. The number of anilines is 2. The standard InChI is InChI=1S/C17H17Br2NO2/c1-17(2,3)22-16(21)20(14-10-6-4-8-12(14)18)15-11-7-5-9-13(15)19/h4-11H,1-3H3. The Kier molecular flexibility index (Phi) is 5.29. The van der Waals surface area contributed by atoms with Crippen molar-refractivity contribution in [2.75, 3.05) is 4.90 Å². The molecule has 0 unspecified atom stereocenters. The lowest BCUT2D eigenvalue weighted by Gasteiger charge is -2.28. The molecule has 0 aliphatic rings. The van der Waals surface area contributed by atoms with Gasteiger partial charge in [0, 0.05) is 8.95 Å². The van der Waals surface area contributed by atoms with Gasteiger partial charge in [0.05, 0.1) is 11.4 Å². The molecule has 0 saturated heterocycles. The fourth-order valence-electron chi connectivity index (χ4n) is 1.90. The molecule has 0 aromatic heterocycles. The van der Waals surface area contributed by atoms with Crippen LogP contribution in [0.3, 0.4) is 0 Å². The number of hydrogen-bond donors (Lipinski definition) is 0. The first kappa shape index (κ1) is 17.0. The quantitative estimate of drug-likeness (QED) is 0.565. The second-order valence-electron chi connectivity index (χ2n) is 5.72. The molecule has 0 bridgehead atoms. The number of carbonyl (C=O) groups is 1. The maximum Gasteiger partial charge on any atom is 0.419 e. The van der Waals surface area contributed by atoms with Crippen LogP contribution in [0.1, 0.15) is 20.8 Å². The zero-order valence-corrected chi connectivity index (χ0v) is 15.8. The number of hydrogen-bond acceptors (Lipinski definition) is 2. The molecular formula is C17H17Br2NO2. The minimum Gasteiger partial charge on any atom is -0.443 e. The molecule has 0 atom stereocenters. The molecule has 0 N–H and O–H groups in total. The fourth-order valence-corrected chi connectivity index (χ4v) is 2.82. The van der Waals surface area contributed by atoms with Crippen molar-refractivity contribution < 1.29 is 9.53 Å². The first-order valence-corrected chi connectivity index (χ1v) is 8.40. The van der Waals surface area contributed by atoms with Gasteiger partial charge in [0.25, 0.3) is 0 Å². The van der Waals surface area contributed by atoms with Gasteiger partial charge in [-0.1, -0.05) is 24.3 Å². The number of amides is 1. The Hall–Kier alpha value is -1.33. The number of nitrogens with zero attached hydrogens (tertiary/aromatic N) is 1. The summed E-state index contributed by atoms with van der Waals surface area (Å²) in [6, 6.07) is 15.1. The smallest absolute Gasteiger partial charge is 0.419 e. The summed E-state index contributed by atoms with van der Waals surface area (Å²) in [5.41, 5.74) is 0.880. The Balaban J connectivity index is 2.53. The minimum atomic E-state index is -0.572. The van der Waals surface area contributed by atoms with Gasteiger partial charge in [0.15, 0.2) is 0 Å². The second-order valence-corrected chi connectivity index (χ2v) is 7.43. The monoisotopic (exact) mass is 425 g/mol. The van der Waals surface area contributed by atoms with Crippen LogP contribution in [0.15, 0.2) is 57.5 Å². The van der Waals surface area contributed by atoms with Crippen molar-refractivity contribution in [3.8, 4) is 0 Å². The van der Waals surface area contributed by atoms with Crippen molar-refractivity contribution in [1.82, 2.24) is 0 Å². The normalized spacial score (nSPS) is 11.1. The molecule has 2 aromatic rings. The third kappa shape index (κ3) is 4.11. The van der Waals surface area contributed by atoms with E-state index in [1.807, 2.05) is 69.3 Å². The fraction of sp³-hybridized carbons (Fsp3) is 0.235. The van der Waals surface area contributed by atoms with Crippen molar-refractivity contribution >= 4 is 49.3 Å². The van der Waals surface area contributed by atoms with E-state index >= 15 is 0 Å². The van der Waals surface area contributed by atoms with E-state index < -0.39 is 11.7 Å². The summed E-state index contributed by atoms with van der Waals surface area (Å²) < 4.78 is 7.20. The van der Waals surface area contributed by atoms with Crippen molar-refractivity contribution in [3.05, 3.63) is 57.5 Å². The lowest BCUT2D eigenvalue weighted by Crippen LogP contribution is -2.34. The highest BCUT2D eigenvalue weighted by molar-refractivity contribution is 9.11. The van der Waals surface area contributed by atoms with E-state index in [4.69, 9.17) is 4.74 Å². The number of carbonyl (C=O) groups excluding carboxylic acids is 1. The highest BCUT2D eigenvalue weighted by Gasteiger charge is 2.27. The van der Waals surface area contributed by atoms with E-state index in [0.29, 0.717) is 0 Å². The van der Waals surface area contributed by atoms with Crippen molar-refractivity contribution in [2.24, 2.45) is 0 Å². The van der Waals surface area contributed by atoms with E-state index in [-0.39, 0.29) is 0 Å². The van der Waals surface area contributed by atoms with Crippen LogP contribution in [-0.4, -0.2) is 11.7 Å². The molecule has 0 heterocycles. The van der Waals surface area contributed by atoms with E-state index in [1.54, 1.807) is 4.90 Å². The van der Waals surface area contributed by atoms with Crippen LogP contribution < -0.4 is 4.90 Å². The predicted octanol–water partition coefficient (Wildman–Crippen LogP) is 6.28. The van der Waals surface area contributed by atoms with Crippen molar-refractivity contribution in [3.63, 3.8) is 0 Å². The summed E-state index contributed by atoms with van der Waals surface area (Å²) in [4.78, 5) is 14.3. The highest BCUT2D eigenvalue weighted by atomic mass is 79.9. The number of benzene rings is 2. The van der Waals surface area contributed by atoms with Crippen molar-refractivity contribution in [1.29, 1.82) is 0 Å². The van der Waals surface area contributed by atoms with Crippen LogP contribution in [0.25, 0.3) is 0 Å². The van der Waals surface area contributed by atoms with Crippen molar-refractivity contribution in [2.45, 2.75) is 26.4 Å². The summed E-state index contributed by atoms with van der Waals surface area (Å²) in [7, 11) is 0. The maximum absolute atomic E-state index is 12.7. The summed E-state index contributed by atoms with van der Waals surface area (Å²) in [6.45, 7) is 5.55. The van der Waals surface area contributed by atoms with Gasteiger partial charge in [0.2, 0.25) is 0 Å². The Morgan fingerprint density at radius 2 is 1.32 bits per heavy atom. The highest BCUT2D eigenvalue weighted by Crippen LogP contribution is 2.37. The van der Waals surface area contributed by atoms with Gasteiger partial charge in [-0.3, -0.25) is 0 Å². The lowest BCUT2D eigenvalue weighted by atomic mass is 10.2. The molecule has 0 aliphatic heterocycles. The first-order valence-electron chi connectivity index (χ1n) is 6.82. The van der Waals surface area contributed by atoms with E-state index in [2.05, 4.69) is 31.9 Å². The van der Waals surface area contributed by atoms with Gasteiger partial charge in [-0.05, 0) is 76.9 Å². The number of ether oxygens (including phenoxy) is 1. The Morgan fingerprint density at radius 3 is 1.68 bits per heavy atom. The molecule has 116 valence electrons. The third-order valence-electron chi connectivity index (χ3n) is 2.76. The molecule has 0 fully saturated rings. The van der Waals surface area contributed by atoms with Crippen LogP contribution in [0.4, 0.5) is 16.2 Å². The average molecular weight is 427 g/mol. The molecule has 2 aromatic carbocycles. The van der Waals surface area contributed by atoms with Crippen LogP contribution in [0, 0.1) is 0 Å². The summed E-state index contributed by atoms with van der Waals surface area (Å²) >= 11 is 7.00. The maximum atomic E-state index is 12.7. The number of halogens is 2. The van der Waals surface area contributed by atoms with Crippen LogP contribution in [-0.2, 0) is 4.74 Å². The van der Waals surface area contributed by atoms with Gasteiger partial charge in [-0.25, -0.2) is 9.69 Å². The first-order chi connectivity index (χ1) is 10.3. The van der Waals surface area contributed by atoms with Gasteiger partial charge >= 0.3 is 6.09 Å². The molecule has 0 saturated carbocycles. The number of rotatable bonds is 2. The molecule has 0 spiro atoms. The van der Waals surface area contributed by atoms with Gasteiger partial charge in [0.1, 0.15) is 5.60 Å². The Labute approximate surface area is 147 Å². The average Bonchev–Trinajstić information content (AvgIpc) is 2.41. The second kappa shape index (κ2) is 6.84. The molecule has 0 aliphatic carbocycles. The van der Waals surface area contributed by atoms with Gasteiger partial charge < -0.3 is 4.74 Å². The topological polar surface area (TPSA) is 29.5 Å². The number of para-hydroxylation sites is 2.